The van der Waals surface area contributed by atoms with Crippen LogP contribution < -0.4 is 4.74 Å². The maximum Gasteiger partial charge on any atom is 0.146 e. The first-order valence-corrected chi connectivity index (χ1v) is 16.5. The highest BCUT2D eigenvalue weighted by atomic mass is 16.5. The van der Waals surface area contributed by atoms with E-state index in [1.165, 1.54) is 43.6 Å². The van der Waals surface area contributed by atoms with Crippen LogP contribution in [0.4, 0.5) is 0 Å². The van der Waals surface area contributed by atoms with Gasteiger partial charge in [0.15, 0.2) is 0 Å². The summed E-state index contributed by atoms with van der Waals surface area (Å²) < 4.78 is 11.2. The van der Waals surface area contributed by atoms with E-state index in [1.807, 2.05) is 12.3 Å². The second-order valence-corrected chi connectivity index (χ2v) is 12.7. The molecule has 11 aromatic rings. The van der Waals surface area contributed by atoms with Gasteiger partial charge in [-0.15, -0.1) is 0 Å². The molecule has 0 amide bonds. The van der Waals surface area contributed by atoms with E-state index < -0.39 is 0 Å². The van der Waals surface area contributed by atoms with E-state index in [4.69, 9.17) is 14.7 Å². The number of ether oxygens (including phenoxy) is 1. The Morgan fingerprint density at radius 2 is 1.18 bits per heavy atom. The molecule has 0 saturated heterocycles. The number of para-hydroxylation sites is 2. The van der Waals surface area contributed by atoms with Gasteiger partial charge in [0.05, 0.1) is 22.2 Å². The molecule has 0 spiro atoms. The van der Waals surface area contributed by atoms with Crippen molar-refractivity contribution in [1.82, 2.24) is 18.8 Å². The van der Waals surface area contributed by atoms with Crippen molar-refractivity contribution >= 4 is 65.5 Å². The molecule has 0 radical (unpaired) electrons. The van der Waals surface area contributed by atoms with Crippen LogP contribution >= 0.6 is 0 Å². The lowest BCUT2D eigenvalue weighted by Gasteiger charge is -2.11. The summed E-state index contributed by atoms with van der Waals surface area (Å²) >= 11 is 0. The van der Waals surface area contributed by atoms with E-state index >= 15 is 0 Å². The maximum absolute atomic E-state index is 6.67. The van der Waals surface area contributed by atoms with Crippen LogP contribution in [0.5, 0.6) is 11.5 Å². The van der Waals surface area contributed by atoms with E-state index in [0.717, 1.165) is 55.9 Å². The van der Waals surface area contributed by atoms with Gasteiger partial charge >= 0.3 is 0 Å². The van der Waals surface area contributed by atoms with E-state index in [1.54, 1.807) is 0 Å². The third kappa shape index (κ3) is 3.75. The number of nitrogens with zero attached hydrogens (tertiary/aromatic N) is 4. The van der Waals surface area contributed by atoms with Gasteiger partial charge < -0.3 is 4.74 Å². The van der Waals surface area contributed by atoms with Crippen LogP contribution in [0, 0.1) is 0 Å². The lowest BCUT2D eigenvalue weighted by Crippen LogP contribution is -1.91. The molecule has 0 aliphatic carbocycles. The van der Waals surface area contributed by atoms with Gasteiger partial charge in [-0.2, -0.15) is 0 Å². The van der Waals surface area contributed by atoms with Gasteiger partial charge in [-0.25, -0.2) is 9.97 Å². The second kappa shape index (κ2) is 9.89. The summed E-state index contributed by atoms with van der Waals surface area (Å²) in [4.78, 5) is 10.1. The number of aromatic nitrogens is 4. The van der Waals surface area contributed by atoms with Crippen LogP contribution in [0.3, 0.4) is 0 Å². The molecule has 0 unspecified atom stereocenters. The molecule has 0 aliphatic rings. The quantitative estimate of drug-likeness (QED) is 0.183. The molecule has 6 aromatic carbocycles. The van der Waals surface area contributed by atoms with Gasteiger partial charge in [-0.1, -0.05) is 97.1 Å². The summed E-state index contributed by atoms with van der Waals surface area (Å²) in [5, 5.41) is 8.13. The van der Waals surface area contributed by atoms with E-state index in [0.29, 0.717) is 0 Å². The van der Waals surface area contributed by atoms with Gasteiger partial charge in [0, 0.05) is 56.3 Å². The van der Waals surface area contributed by atoms with E-state index in [-0.39, 0.29) is 0 Å². The van der Waals surface area contributed by atoms with Gasteiger partial charge in [0.1, 0.15) is 22.8 Å². The molecular formula is C44H26N4O. The molecule has 5 heterocycles. The van der Waals surface area contributed by atoms with Crippen molar-refractivity contribution in [1.29, 1.82) is 0 Å². The number of rotatable bonds is 4. The molecule has 0 bridgehead atoms. The Hall–Kier alpha value is -6.72. The predicted molar refractivity (Wildman–Crippen MR) is 200 cm³/mol. The molecule has 49 heavy (non-hydrogen) atoms. The Bertz CT molecular complexity index is 3070. The first-order chi connectivity index (χ1) is 24.3. The standard InChI is InChI=1S/C44H26N4O/c1-3-10-27(11-4-1)31-22-23-45-44-41(31)36-16-9-15-35-34-21-19-30(25-40(34)48(44)42(35)36)49-29-18-20-32-33-14-7-8-17-39(33)47-26-38(28-12-5-2-6-13-28)46-43(47)37(32)24-29/h1-26H. The number of imidazole rings is 1. The van der Waals surface area contributed by atoms with Gasteiger partial charge in [-0.3, -0.25) is 8.80 Å². The third-order valence-electron chi connectivity index (χ3n) is 9.95. The maximum atomic E-state index is 6.67. The first kappa shape index (κ1) is 26.4. The molecule has 5 heteroatoms. The smallest absolute Gasteiger partial charge is 0.146 e. The summed E-state index contributed by atoms with van der Waals surface area (Å²) in [6.45, 7) is 0. The Morgan fingerprint density at radius 3 is 2.04 bits per heavy atom. The van der Waals surface area contributed by atoms with Crippen molar-refractivity contribution < 1.29 is 4.74 Å². The molecule has 0 fully saturated rings. The molecule has 0 N–H and O–H groups in total. The van der Waals surface area contributed by atoms with Crippen molar-refractivity contribution in [2.24, 2.45) is 0 Å². The van der Waals surface area contributed by atoms with Crippen LogP contribution in [-0.2, 0) is 0 Å². The van der Waals surface area contributed by atoms with Crippen LogP contribution in [0.25, 0.3) is 87.9 Å². The Kier molecular flexibility index (Phi) is 5.32. The minimum Gasteiger partial charge on any atom is -0.457 e. The SMILES string of the molecule is c1ccc(-c2cn3c4ccccc4c4ccc(Oc5ccc6c7cccc8c9c(-c%10ccccc%10)ccnc9n(c6c5)c78)cc4c3n2)cc1. The minimum absolute atomic E-state index is 0.761. The summed E-state index contributed by atoms with van der Waals surface area (Å²) in [7, 11) is 0. The van der Waals surface area contributed by atoms with Gasteiger partial charge in [0.25, 0.3) is 0 Å². The lowest BCUT2D eigenvalue weighted by atomic mass is 10.0. The predicted octanol–water partition coefficient (Wildman–Crippen LogP) is 11.3. The third-order valence-corrected chi connectivity index (χ3v) is 9.95. The first-order valence-electron chi connectivity index (χ1n) is 16.5. The molecule has 11 rings (SSSR count). The fourth-order valence-corrected chi connectivity index (χ4v) is 7.83. The zero-order valence-electron chi connectivity index (χ0n) is 26.2. The van der Waals surface area contributed by atoms with Crippen LogP contribution in [0.2, 0.25) is 0 Å². The molecular weight excluding hydrogens is 601 g/mol. The van der Waals surface area contributed by atoms with Gasteiger partial charge in [0.2, 0.25) is 0 Å². The van der Waals surface area contributed by atoms with Crippen LogP contribution in [0.1, 0.15) is 0 Å². The summed E-state index contributed by atoms with van der Waals surface area (Å²) in [6, 6.07) is 50.9. The van der Waals surface area contributed by atoms with Crippen molar-refractivity contribution in [2.75, 3.05) is 0 Å². The molecule has 5 aromatic heterocycles. The number of fused-ring (bicyclic) bond motifs is 12. The van der Waals surface area contributed by atoms with Gasteiger partial charge in [-0.05, 0) is 59.0 Å². The van der Waals surface area contributed by atoms with Crippen molar-refractivity contribution in [3.63, 3.8) is 0 Å². The topological polar surface area (TPSA) is 43.8 Å². The number of hydrogen-bond donors (Lipinski definition) is 0. The average molecular weight is 627 g/mol. The summed E-state index contributed by atoms with van der Waals surface area (Å²) in [6.07, 6.45) is 4.06. The second-order valence-electron chi connectivity index (χ2n) is 12.7. The largest absolute Gasteiger partial charge is 0.457 e. The molecule has 0 atom stereocenters. The molecule has 0 aliphatic heterocycles. The van der Waals surface area contributed by atoms with Crippen molar-refractivity contribution in [2.45, 2.75) is 0 Å². The number of benzene rings is 6. The highest BCUT2D eigenvalue weighted by Crippen LogP contribution is 2.43. The molecule has 228 valence electrons. The Labute approximate surface area is 280 Å². The molecule has 0 saturated carbocycles. The monoisotopic (exact) mass is 626 g/mol. The Morgan fingerprint density at radius 1 is 0.490 bits per heavy atom. The highest BCUT2D eigenvalue weighted by molar-refractivity contribution is 6.25. The van der Waals surface area contributed by atoms with Crippen molar-refractivity contribution in [3.05, 3.63) is 158 Å². The highest BCUT2D eigenvalue weighted by Gasteiger charge is 2.21. The average Bonchev–Trinajstić information content (AvgIpc) is 3.86. The zero-order chi connectivity index (χ0) is 32.1. The minimum atomic E-state index is 0.761. The normalized spacial score (nSPS) is 12.1. The zero-order valence-corrected chi connectivity index (χ0v) is 26.2. The van der Waals surface area contributed by atoms with E-state index in [9.17, 15) is 0 Å². The Balaban J connectivity index is 1.09. The lowest BCUT2D eigenvalue weighted by molar-refractivity contribution is 0.484. The summed E-state index contributed by atoms with van der Waals surface area (Å²) in [5.41, 5.74) is 9.65. The fourth-order valence-electron chi connectivity index (χ4n) is 7.83. The number of hydrogen-bond acceptors (Lipinski definition) is 3. The van der Waals surface area contributed by atoms with Crippen LogP contribution in [0.15, 0.2) is 158 Å². The van der Waals surface area contributed by atoms with Crippen LogP contribution in [-0.4, -0.2) is 18.8 Å². The molecule has 5 nitrogen and oxygen atoms in total. The fraction of sp³-hybridized carbons (Fsp3) is 0. The number of pyridine rings is 2. The van der Waals surface area contributed by atoms with Crippen molar-refractivity contribution in [3.8, 4) is 33.9 Å². The van der Waals surface area contributed by atoms with E-state index in [2.05, 4.69) is 155 Å². The summed E-state index contributed by atoms with van der Waals surface area (Å²) in [5.74, 6) is 1.53.